The largest absolute Gasteiger partial charge is 0.489 e. The Hall–Kier alpha value is -1.75. The number of rotatable bonds is 7. The fraction of sp³-hybridized carbons (Fsp3) is 0.632. The van der Waals surface area contributed by atoms with Gasteiger partial charge in [-0.25, -0.2) is 4.99 Å². The van der Waals surface area contributed by atoms with Crippen LogP contribution >= 0.6 is 0 Å². The van der Waals surface area contributed by atoms with Gasteiger partial charge in [-0.3, -0.25) is 0 Å². The van der Waals surface area contributed by atoms with Crippen molar-refractivity contribution in [2.75, 3.05) is 39.9 Å². The zero-order chi connectivity index (χ0) is 17.4. The summed E-state index contributed by atoms with van der Waals surface area (Å²) in [6.07, 6.45) is 1.20. The molecule has 0 amide bonds. The number of aryl methyl sites for hydroxylation is 1. The van der Waals surface area contributed by atoms with Gasteiger partial charge in [-0.2, -0.15) is 0 Å². The van der Waals surface area contributed by atoms with E-state index in [-0.39, 0.29) is 6.10 Å². The van der Waals surface area contributed by atoms with Gasteiger partial charge in [0.15, 0.2) is 5.96 Å². The molecule has 1 aliphatic rings. The van der Waals surface area contributed by atoms with Crippen molar-refractivity contribution in [1.29, 1.82) is 0 Å². The molecule has 0 aliphatic carbocycles. The fourth-order valence-corrected chi connectivity index (χ4v) is 2.98. The fourth-order valence-electron chi connectivity index (χ4n) is 2.98. The van der Waals surface area contributed by atoms with Crippen molar-refractivity contribution >= 4 is 5.96 Å². The third-order valence-corrected chi connectivity index (χ3v) is 4.24. The lowest BCUT2D eigenvalue weighted by atomic mass is 10.1. The van der Waals surface area contributed by atoms with Crippen LogP contribution in [0.5, 0.6) is 5.75 Å². The molecule has 2 atom stereocenters. The number of guanidine groups is 1. The monoisotopic (exact) mass is 333 g/mol. The van der Waals surface area contributed by atoms with Gasteiger partial charge >= 0.3 is 0 Å². The van der Waals surface area contributed by atoms with Crippen molar-refractivity contribution in [2.24, 2.45) is 10.9 Å². The van der Waals surface area contributed by atoms with E-state index >= 15 is 0 Å². The van der Waals surface area contributed by atoms with Gasteiger partial charge in [-0.15, -0.1) is 0 Å². The molecular formula is C19H31N3O2. The van der Waals surface area contributed by atoms with Crippen LogP contribution in [0, 0.1) is 12.8 Å². The summed E-state index contributed by atoms with van der Waals surface area (Å²) in [6.45, 7) is 10.6. The summed E-state index contributed by atoms with van der Waals surface area (Å²) in [5.74, 6) is 2.52. The number of methoxy groups -OCH3 is 1. The summed E-state index contributed by atoms with van der Waals surface area (Å²) in [4.78, 5) is 7.11. The standard InChI is InChI=1S/C19H31N3O2/c1-5-20-19(22-11-10-17(13-22)14-23-4)21-12-16(3)24-18-9-7-6-8-15(18)2/h6-9,16-17H,5,10-14H2,1-4H3,(H,20,21). The van der Waals surface area contributed by atoms with Crippen LogP contribution in [-0.2, 0) is 4.74 Å². The minimum Gasteiger partial charge on any atom is -0.489 e. The Morgan fingerprint density at radius 2 is 2.21 bits per heavy atom. The second kappa shape index (κ2) is 9.52. The quantitative estimate of drug-likeness (QED) is 0.616. The lowest BCUT2D eigenvalue weighted by molar-refractivity contribution is 0.157. The second-order valence-corrected chi connectivity index (χ2v) is 6.44. The Morgan fingerprint density at radius 1 is 1.42 bits per heavy atom. The van der Waals surface area contributed by atoms with Gasteiger partial charge in [0.2, 0.25) is 0 Å². The van der Waals surface area contributed by atoms with E-state index in [9.17, 15) is 0 Å². The summed E-state index contributed by atoms with van der Waals surface area (Å²) in [6, 6.07) is 8.10. The van der Waals surface area contributed by atoms with Crippen molar-refractivity contribution in [2.45, 2.75) is 33.3 Å². The smallest absolute Gasteiger partial charge is 0.194 e. The average molecular weight is 333 g/mol. The van der Waals surface area contributed by atoms with Crippen LogP contribution in [0.4, 0.5) is 0 Å². The highest BCUT2D eigenvalue weighted by atomic mass is 16.5. The minimum atomic E-state index is 0.0390. The topological polar surface area (TPSA) is 46.1 Å². The molecule has 1 saturated heterocycles. The molecule has 1 aliphatic heterocycles. The van der Waals surface area contributed by atoms with Gasteiger partial charge in [-0.1, -0.05) is 18.2 Å². The number of benzene rings is 1. The summed E-state index contributed by atoms with van der Waals surface area (Å²) in [7, 11) is 1.77. The van der Waals surface area contributed by atoms with Gasteiger partial charge < -0.3 is 19.7 Å². The maximum absolute atomic E-state index is 6.02. The SMILES string of the molecule is CCNC(=NCC(C)Oc1ccccc1C)N1CCC(COC)C1. The van der Waals surface area contributed by atoms with Crippen molar-refractivity contribution in [3.8, 4) is 5.75 Å². The summed E-state index contributed by atoms with van der Waals surface area (Å²) in [5.41, 5.74) is 1.15. The van der Waals surface area contributed by atoms with Crippen molar-refractivity contribution < 1.29 is 9.47 Å². The first-order valence-electron chi connectivity index (χ1n) is 8.88. The van der Waals surface area contributed by atoms with Crippen LogP contribution in [-0.4, -0.2) is 56.9 Å². The summed E-state index contributed by atoms with van der Waals surface area (Å²) >= 11 is 0. The zero-order valence-electron chi connectivity index (χ0n) is 15.4. The van der Waals surface area contributed by atoms with Crippen LogP contribution in [0.1, 0.15) is 25.8 Å². The highest BCUT2D eigenvalue weighted by Crippen LogP contribution is 2.18. The Kier molecular flexibility index (Phi) is 7.37. The van der Waals surface area contributed by atoms with Gasteiger partial charge in [-0.05, 0) is 38.8 Å². The van der Waals surface area contributed by atoms with E-state index in [1.165, 1.54) is 0 Å². The number of para-hydroxylation sites is 1. The van der Waals surface area contributed by atoms with Crippen LogP contribution in [0.25, 0.3) is 0 Å². The van der Waals surface area contributed by atoms with Gasteiger partial charge in [0, 0.05) is 32.7 Å². The molecule has 1 aromatic rings. The van der Waals surface area contributed by atoms with E-state index < -0.39 is 0 Å². The number of hydrogen-bond donors (Lipinski definition) is 1. The number of ether oxygens (including phenoxy) is 2. The molecule has 2 unspecified atom stereocenters. The maximum atomic E-state index is 6.02. The van der Waals surface area contributed by atoms with E-state index in [1.54, 1.807) is 7.11 Å². The highest BCUT2D eigenvalue weighted by molar-refractivity contribution is 5.80. The molecule has 1 fully saturated rings. The molecular weight excluding hydrogens is 302 g/mol. The maximum Gasteiger partial charge on any atom is 0.194 e. The number of nitrogens with zero attached hydrogens (tertiary/aromatic N) is 2. The molecule has 134 valence electrons. The molecule has 1 heterocycles. The Bertz CT molecular complexity index is 533. The molecule has 5 nitrogen and oxygen atoms in total. The summed E-state index contributed by atoms with van der Waals surface area (Å²) in [5, 5.41) is 3.40. The zero-order valence-corrected chi connectivity index (χ0v) is 15.4. The molecule has 0 radical (unpaired) electrons. The molecule has 0 saturated carbocycles. The number of nitrogens with one attached hydrogen (secondary N) is 1. The van der Waals surface area contributed by atoms with Crippen LogP contribution in [0.3, 0.4) is 0 Å². The van der Waals surface area contributed by atoms with E-state index in [0.29, 0.717) is 12.5 Å². The average Bonchev–Trinajstić information content (AvgIpc) is 3.02. The number of likely N-dealkylation sites (tertiary alicyclic amines) is 1. The molecule has 1 N–H and O–H groups in total. The molecule has 5 heteroatoms. The first kappa shape index (κ1) is 18.6. The van der Waals surface area contributed by atoms with E-state index in [4.69, 9.17) is 14.5 Å². The predicted molar refractivity (Wildman–Crippen MR) is 98.8 cm³/mol. The third-order valence-electron chi connectivity index (χ3n) is 4.24. The molecule has 0 spiro atoms. The van der Waals surface area contributed by atoms with Crippen LogP contribution in [0.2, 0.25) is 0 Å². The lowest BCUT2D eigenvalue weighted by Crippen LogP contribution is -2.41. The van der Waals surface area contributed by atoms with Crippen LogP contribution < -0.4 is 10.1 Å². The first-order chi connectivity index (χ1) is 11.6. The van der Waals surface area contributed by atoms with E-state index in [2.05, 4.69) is 37.1 Å². The second-order valence-electron chi connectivity index (χ2n) is 6.44. The Labute approximate surface area is 146 Å². The molecule has 1 aromatic carbocycles. The van der Waals surface area contributed by atoms with Crippen LogP contribution in [0.15, 0.2) is 29.3 Å². The molecule has 24 heavy (non-hydrogen) atoms. The van der Waals surface area contributed by atoms with Crippen molar-refractivity contribution in [1.82, 2.24) is 10.2 Å². The number of aliphatic imine (C=N–C) groups is 1. The highest BCUT2D eigenvalue weighted by Gasteiger charge is 2.24. The lowest BCUT2D eigenvalue weighted by Gasteiger charge is -2.22. The summed E-state index contributed by atoms with van der Waals surface area (Å²) < 4.78 is 11.3. The molecule has 2 rings (SSSR count). The van der Waals surface area contributed by atoms with Gasteiger partial charge in [0.25, 0.3) is 0 Å². The van der Waals surface area contributed by atoms with Gasteiger partial charge in [0.05, 0.1) is 13.2 Å². The number of hydrogen-bond acceptors (Lipinski definition) is 3. The molecule has 0 bridgehead atoms. The Balaban J connectivity index is 1.92. The van der Waals surface area contributed by atoms with E-state index in [1.807, 2.05) is 18.2 Å². The molecule has 0 aromatic heterocycles. The first-order valence-corrected chi connectivity index (χ1v) is 8.88. The van der Waals surface area contributed by atoms with E-state index in [0.717, 1.165) is 49.9 Å². The Morgan fingerprint density at radius 3 is 2.92 bits per heavy atom. The van der Waals surface area contributed by atoms with Crippen molar-refractivity contribution in [3.63, 3.8) is 0 Å². The predicted octanol–water partition coefficient (Wildman–Crippen LogP) is 2.70. The van der Waals surface area contributed by atoms with Gasteiger partial charge in [0.1, 0.15) is 11.9 Å². The third kappa shape index (κ3) is 5.41. The minimum absolute atomic E-state index is 0.0390. The normalized spacial score (nSPS) is 19.4. The van der Waals surface area contributed by atoms with Crippen molar-refractivity contribution in [3.05, 3.63) is 29.8 Å².